The lowest BCUT2D eigenvalue weighted by molar-refractivity contribution is -0.221. The normalized spacial score (nSPS) is 30.1. The minimum atomic E-state index is -1.15. The number of amides is 1. The number of nitrogens with zero attached hydrogens (tertiary/aromatic N) is 2. The molecule has 1 aromatic rings. The van der Waals surface area contributed by atoms with E-state index >= 15 is 0 Å². The van der Waals surface area contributed by atoms with E-state index in [1.165, 1.54) is 12.8 Å². The quantitative estimate of drug-likeness (QED) is 0.786. The molecule has 4 rings (SSSR count). The minimum absolute atomic E-state index is 0.0210. The fourth-order valence-electron chi connectivity index (χ4n) is 4.73. The van der Waals surface area contributed by atoms with Gasteiger partial charge in [0.1, 0.15) is 6.10 Å². The summed E-state index contributed by atoms with van der Waals surface area (Å²) in [5.41, 5.74) is 0.000665. The largest absolute Gasteiger partial charge is 0.388 e. The molecule has 0 saturated carbocycles. The van der Waals surface area contributed by atoms with Crippen LogP contribution in [0.1, 0.15) is 49.4 Å². The smallest absolute Gasteiger partial charge is 0.253 e. The Morgan fingerprint density at radius 1 is 1.21 bits per heavy atom. The van der Waals surface area contributed by atoms with Gasteiger partial charge < -0.3 is 24.7 Å². The molecule has 2 N–H and O–H groups in total. The van der Waals surface area contributed by atoms with Gasteiger partial charge in [0.2, 0.25) is 0 Å². The zero-order chi connectivity index (χ0) is 19.9. The summed E-state index contributed by atoms with van der Waals surface area (Å²) in [4.78, 5) is 17.1. The summed E-state index contributed by atoms with van der Waals surface area (Å²) in [5, 5.41) is 21.0. The van der Waals surface area contributed by atoms with Crippen molar-refractivity contribution < 1.29 is 19.7 Å². The van der Waals surface area contributed by atoms with Crippen LogP contribution >= 0.6 is 11.6 Å². The van der Waals surface area contributed by atoms with Crippen LogP contribution in [0.4, 0.5) is 5.69 Å². The minimum Gasteiger partial charge on any atom is -0.388 e. The number of carbonyl (C=O) groups excluding carboxylic acids is 1. The van der Waals surface area contributed by atoms with Crippen LogP contribution in [0.3, 0.4) is 0 Å². The molecule has 3 saturated heterocycles. The number of aliphatic hydroxyl groups excluding tert-OH is 1. The predicted molar refractivity (Wildman–Crippen MR) is 108 cm³/mol. The highest BCUT2D eigenvalue weighted by atomic mass is 35.5. The highest BCUT2D eigenvalue weighted by Crippen LogP contribution is 2.40. The van der Waals surface area contributed by atoms with E-state index in [0.29, 0.717) is 42.9 Å². The molecule has 0 bridgehead atoms. The van der Waals surface area contributed by atoms with Gasteiger partial charge in [-0.25, -0.2) is 0 Å². The number of halogens is 1. The highest BCUT2D eigenvalue weighted by molar-refractivity contribution is 6.33. The molecule has 154 valence electrons. The molecule has 1 aromatic carbocycles. The third kappa shape index (κ3) is 3.75. The first-order valence-electron chi connectivity index (χ1n) is 10.2. The van der Waals surface area contributed by atoms with Gasteiger partial charge >= 0.3 is 0 Å². The Balaban J connectivity index is 1.41. The van der Waals surface area contributed by atoms with Crippen LogP contribution in [0.15, 0.2) is 18.2 Å². The van der Waals surface area contributed by atoms with Crippen LogP contribution < -0.4 is 4.90 Å². The molecule has 3 aliphatic rings. The molecule has 0 unspecified atom stereocenters. The molecular weight excluding hydrogens is 380 g/mol. The van der Waals surface area contributed by atoms with E-state index in [0.717, 1.165) is 18.8 Å². The molecule has 1 amide bonds. The van der Waals surface area contributed by atoms with Crippen molar-refractivity contribution in [3.8, 4) is 0 Å². The Hall–Kier alpha value is -1.34. The molecule has 0 radical (unpaired) electrons. The third-order valence-corrected chi connectivity index (χ3v) is 6.85. The molecule has 3 aliphatic heterocycles. The summed E-state index contributed by atoms with van der Waals surface area (Å²) in [5.74, 6) is -0.0210. The standard InChI is InChI=1S/C21H29ClN2O4/c1-20(27)14-21(28-13-18(20)25)6-10-24(11-7-21)19(26)15-4-5-17(16(22)12-15)23-8-2-3-9-23/h4-5,12,18,25,27H,2-3,6-11,13-14H2,1H3/t18-,20-/m0/s1. The van der Waals surface area contributed by atoms with Gasteiger partial charge in [-0.05, 0) is 50.8 Å². The van der Waals surface area contributed by atoms with Crippen molar-refractivity contribution in [2.24, 2.45) is 0 Å². The van der Waals surface area contributed by atoms with Crippen LogP contribution in [0.5, 0.6) is 0 Å². The van der Waals surface area contributed by atoms with Crippen molar-refractivity contribution in [1.29, 1.82) is 0 Å². The van der Waals surface area contributed by atoms with Crippen molar-refractivity contribution in [2.45, 2.75) is 56.3 Å². The molecule has 1 spiro atoms. The molecule has 6 nitrogen and oxygen atoms in total. The number of hydrogen-bond donors (Lipinski definition) is 2. The predicted octanol–water partition coefficient (Wildman–Crippen LogP) is 2.45. The number of benzene rings is 1. The summed E-state index contributed by atoms with van der Waals surface area (Å²) < 4.78 is 5.91. The molecule has 0 aromatic heterocycles. The van der Waals surface area contributed by atoms with E-state index < -0.39 is 17.3 Å². The first-order chi connectivity index (χ1) is 13.3. The third-order valence-electron chi connectivity index (χ3n) is 6.55. The van der Waals surface area contributed by atoms with Gasteiger partial charge in [0.25, 0.3) is 5.91 Å². The number of piperidine rings is 1. The van der Waals surface area contributed by atoms with Crippen molar-refractivity contribution >= 4 is 23.2 Å². The van der Waals surface area contributed by atoms with Gasteiger partial charge in [0, 0.05) is 38.2 Å². The topological polar surface area (TPSA) is 73.2 Å². The lowest BCUT2D eigenvalue weighted by atomic mass is 9.76. The van der Waals surface area contributed by atoms with Gasteiger partial charge in [-0.3, -0.25) is 4.79 Å². The maximum absolute atomic E-state index is 13.0. The molecular formula is C21H29ClN2O4. The maximum atomic E-state index is 13.0. The average molecular weight is 409 g/mol. The van der Waals surface area contributed by atoms with Gasteiger partial charge in [-0.2, -0.15) is 0 Å². The number of ether oxygens (including phenoxy) is 1. The lowest BCUT2D eigenvalue weighted by Gasteiger charge is -2.49. The zero-order valence-corrected chi connectivity index (χ0v) is 17.1. The fourth-order valence-corrected chi connectivity index (χ4v) is 5.03. The Morgan fingerprint density at radius 2 is 1.89 bits per heavy atom. The number of carbonyl (C=O) groups is 1. The lowest BCUT2D eigenvalue weighted by Crippen LogP contribution is -2.59. The Labute approximate surface area is 171 Å². The summed E-state index contributed by atoms with van der Waals surface area (Å²) >= 11 is 6.47. The fraction of sp³-hybridized carbons (Fsp3) is 0.667. The average Bonchev–Trinajstić information content (AvgIpc) is 3.19. The van der Waals surface area contributed by atoms with Crippen LogP contribution in [0.2, 0.25) is 5.02 Å². The van der Waals surface area contributed by atoms with Crippen LogP contribution in [0, 0.1) is 0 Å². The van der Waals surface area contributed by atoms with Crippen LogP contribution in [-0.4, -0.2) is 71.1 Å². The second-order valence-electron chi connectivity index (χ2n) is 8.70. The molecule has 2 atom stereocenters. The second kappa shape index (κ2) is 7.48. The van der Waals surface area contributed by atoms with Gasteiger partial charge in [0.15, 0.2) is 0 Å². The molecule has 0 aliphatic carbocycles. The SMILES string of the molecule is C[C@]1(O)CC2(CCN(C(=O)c3ccc(N4CCCC4)c(Cl)c3)CC2)OC[C@@H]1O. The van der Waals surface area contributed by atoms with Gasteiger partial charge in [0.05, 0.1) is 28.5 Å². The van der Waals surface area contributed by atoms with Gasteiger partial charge in [-0.15, -0.1) is 0 Å². The Kier molecular flexibility index (Phi) is 5.33. The molecule has 28 heavy (non-hydrogen) atoms. The van der Waals surface area contributed by atoms with Crippen molar-refractivity contribution in [3.05, 3.63) is 28.8 Å². The summed E-state index contributed by atoms with van der Waals surface area (Å²) in [7, 11) is 0. The van der Waals surface area contributed by atoms with Crippen molar-refractivity contribution in [1.82, 2.24) is 4.90 Å². The zero-order valence-electron chi connectivity index (χ0n) is 16.4. The van der Waals surface area contributed by atoms with E-state index in [9.17, 15) is 15.0 Å². The van der Waals surface area contributed by atoms with E-state index in [1.54, 1.807) is 13.0 Å². The van der Waals surface area contributed by atoms with E-state index in [2.05, 4.69) is 4.90 Å². The van der Waals surface area contributed by atoms with Crippen molar-refractivity contribution in [2.75, 3.05) is 37.7 Å². The molecule has 3 fully saturated rings. The number of likely N-dealkylation sites (tertiary alicyclic amines) is 1. The van der Waals surface area contributed by atoms with E-state index in [-0.39, 0.29) is 12.5 Å². The Bertz CT molecular complexity index is 740. The number of anilines is 1. The van der Waals surface area contributed by atoms with Gasteiger partial charge in [-0.1, -0.05) is 11.6 Å². The number of rotatable bonds is 2. The van der Waals surface area contributed by atoms with Crippen LogP contribution in [-0.2, 0) is 4.74 Å². The monoisotopic (exact) mass is 408 g/mol. The molecule has 7 heteroatoms. The maximum Gasteiger partial charge on any atom is 0.253 e. The number of hydrogen-bond acceptors (Lipinski definition) is 5. The van der Waals surface area contributed by atoms with E-state index in [4.69, 9.17) is 16.3 Å². The second-order valence-corrected chi connectivity index (χ2v) is 9.10. The van der Waals surface area contributed by atoms with Crippen molar-refractivity contribution in [3.63, 3.8) is 0 Å². The number of aliphatic hydroxyl groups is 2. The summed E-state index contributed by atoms with van der Waals surface area (Å²) in [6.45, 7) is 4.95. The molecule has 3 heterocycles. The Morgan fingerprint density at radius 3 is 2.50 bits per heavy atom. The first kappa shape index (κ1) is 20.0. The first-order valence-corrected chi connectivity index (χ1v) is 10.6. The summed E-state index contributed by atoms with van der Waals surface area (Å²) in [6.07, 6.45) is 3.19. The van der Waals surface area contributed by atoms with E-state index in [1.807, 2.05) is 17.0 Å². The summed E-state index contributed by atoms with van der Waals surface area (Å²) in [6, 6.07) is 5.60. The van der Waals surface area contributed by atoms with Crippen LogP contribution in [0.25, 0.3) is 0 Å². The highest BCUT2D eigenvalue weighted by Gasteiger charge is 2.49.